The maximum absolute atomic E-state index is 11.9. The van der Waals surface area contributed by atoms with E-state index in [1.54, 1.807) is 0 Å². The Kier molecular flexibility index (Phi) is 4.51. The predicted octanol–water partition coefficient (Wildman–Crippen LogP) is 2.10. The van der Waals surface area contributed by atoms with Crippen LogP contribution < -0.4 is 5.32 Å². The summed E-state index contributed by atoms with van der Waals surface area (Å²) >= 11 is 0. The fourth-order valence-corrected chi connectivity index (χ4v) is 2.32. The van der Waals surface area contributed by atoms with Crippen LogP contribution >= 0.6 is 0 Å². The lowest BCUT2D eigenvalue weighted by atomic mass is 9.88. The lowest BCUT2D eigenvalue weighted by Gasteiger charge is -2.20. The maximum atomic E-state index is 11.9. The van der Waals surface area contributed by atoms with Gasteiger partial charge < -0.3 is 5.32 Å². The van der Waals surface area contributed by atoms with Crippen molar-refractivity contribution in [2.75, 3.05) is 6.54 Å². The van der Waals surface area contributed by atoms with Crippen molar-refractivity contribution in [2.45, 2.75) is 32.1 Å². The molecular formula is C15H19NO2. The van der Waals surface area contributed by atoms with Crippen molar-refractivity contribution in [1.82, 2.24) is 5.32 Å². The molecule has 3 heteroatoms. The minimum Gasteiger partial charge on any atom is -0.356 e. The zero-order chi connectivity index (χ0) is 12.8. The van der Waals surface area contributed by atoms with E-state index in [0.717, 1.165) is 19.3 Å². The van der Waals surface area contributed by atoms with Gasteiger partial charge in [-0.3, -0.25) is 9.59 Å². The standard InChI is InChI=1S/C15H19NO2/c17-14-8-6-13(7-9-14)15(18)16-11-10-12-4-2-1-3-5-12/h1-5,13H,6-11H2,(H,16,18). The number of amides is 1. The molecule has 0 radical (unpaired) electrons. The summed E-state index contributed by atoms with van der Waals surface area (Å²) < 4.78 is 0. The Labute approximate surface area is 108 Å². The van der Waals surface area contributed by atoms with E-state index >= 15 is 0 Å². The fourth-order valence-electron chi connectivity index (χ4n) is 2.32. The molecule has 0 spiro atoms. The molecule has 0 bridgehead atoms. The second-order valence-corrected chi connectivity index (χ2v) is 4.84. The Morgan fingerprint density at radius 2 is 1.83 bits per heavy atom. The molecular weight excluding hydrogens is 226 g/mol. The predicted molar refractivity (Wildman–Crippen MR) is 70.1 cm³/mol. The van der Waals surface area contributed by atoms with Crippen LogP contribution in [0.5, 0.6) is 0 Å². The Balaban J connectivity index is 1.70. The van der Waals surface area contributed by atoms with Crippen molar-refractivity contribution in [3.8, 4) is 0 Å². The van der Waals surface area contributed by atoms with Crippen molar-refractivity contribution >= 4 is 11.7 Å². The van der Waals surface area contributed by atoms with Crippen LogP contribution in [0.25, 0.3) is 0 Å². The van der Waals surface area contributed by atoms with Crippen LogP contribution in [-0.2, 0) is 16.0 Å². The summed E-state index contributed by atoms with van der Waals surface area (Å²) in [5.74, 6) is 0.445. The second kappa shape index (κ2) is 6.34. The van der Waals surface area contributed by atoms with Crippen molar-refractivity contribution in [3.05, 3.63) is 35.9 Å². The number of carbonyl (C=O) groups excluding carboxylic acids is 2. The number of rotatable bonds is 4. The van der Waals surface area contributed by atoms with Crippen LogP contribution in [-0.4, -0.2) is 18.2 Å². The third kappa shape index (κ3) is 3.69. The third-order valence-corrected chi connectivity index (χ3v) is 3.47. The SMILES string of the molecule is O=C1CCC(C(=O)NCCc2ccccc2)CC1. The van der Waals surface area contributed by atoms with Gasteiger partial charge in [-0.2, -0.15) is 0 Å². The summed E-state index contributed by atoms with van der Waals surface area (Å²) in [6, 6.07) is 10.1. The van der Waals surface area contributed by atoms with Crippen molar-refractivity contribution in [1.29, 1.82) is 0 Å². The summed E-state index contributed by atoms with van der Waals surface area (Å²) in [4.78, 5) is 23.0. The Morgan fingerprint density at radius 3 is 2.50 bits per heavy atom. The van der Waals surface area contributed by atoms with Gasteiger partial charge in [-0.25, -0.2) is 0 Å². The van der Waals surface area contributed by atoms with Gasteiger partial charge in [0.25, 0.3) is 0 Å². The number of benzene rings is 1. The number of ketones is 1. The molecule has 1 N–H and O–H groups in total. The van der Waals surface area contributed by atoms with Gasteiger partial charge in [0.2, 0.25) is 5.91 Å². The highest BCUT2D eigenvalue weighted by atomic mass is 16.2. The van der Waals surface area contributed by atoms with Crippen LogP contribution in [0.15, 0.2) is 30.3 Å². The minimum absolute atomic E-state index is 0.0403. The Morgan fingerprint density at radius 1 is 1.17 bits per heavy atom. The molecule has 0 unspecified atom stereocenters. The van der Waals surface area contributed by atoms with Crippen molar-refractivity contribution in [2.24, 2.45) is 5.92 Å². The lowest BCUT2D eigenvalue weighted by molar-refractivity contribution is -0.128. The van der Waals surface area contributed by atoms with Crippen molar-refractivity contribution < 1.29 is 9.59 Å². The summed E-state index contributed by atoms with van der Waals surface area (Å²) in [5.41, 5.74) is 1.23. The van der Waals surface area contributed by atoms with Gasteiger partial charge in [0, 0.05) is 25.3 Å². The summed E-state index contributed by atoms with van der Waals surface area (Å²) in [6.45, 7) is 0.674. The van der Waals surface area contributed by atoms with Crippen LogP contribution in [0, 0.1) is 5.92 Å². The average Bonchev–Trinajstić information content (AvgIpc) is 2.40. The Bertz CT molecular complexity index is 404. The number of nitrogens with one attached hydrogen (secondary N) is 1. The monoisotopic (exact) mass is 245 g/mol. The maximum Gasteiger partial charge on any atom is 0.223 e. The molecule has 1 aliphatic rings. The molecule has 0 saturated heterocycles. The van der Waals surface area contributed by atoms with Gasteiger partial charge in [0.05, 0.1) is 0 Å². The topological polar surface area (TPSA) is 46.2 Å². The molecule has 1 amide bonds. The molecule has 0 aromatic heterocycles. The van der Waals surface area contributed by atoms with Gasteiger partial charge >= 0.3 is 0 Å². The van der Waals surface area contributed by atoms with Gasteiger partial charge in [0.1, 0.15) is 5.78 Å². The van der Waals surface area contributed by atoms with Gasteiger partial charge in [-0.15, -0.1) is 0 Å². The molecule has 3 nitrogen and oxygen atoms in total. The molecule has 1 aromatic carbocycles. The average molecular weight is 245 g/mol. The molecule has 96 valence electrons. The summed E-state index contributed by atoms with van der Waals surface area (Å²) in [7, 11) is 0. The molecule has 2 rings (SSSR count). The van der Waals surface area contributed by atoms with E-state index in [9.17, 15) is 9.59 Å². The fraction of sp³-hybridized carbons (Fsp3) is 0.467. The number of hydrogen-bond acceptors (Lipinski definition) is 2. The zero-order valence-electron chi connectivity index (χ0n) is 10.5. The van der Waals surface area contributed by atoms with E-state index in [4.69, 9.17) is 0 Å². The highest BCUT2D eigenvalue weighted by Crippen LogP contribution is 2.21. The Hall–Kier alpha value is -1.64. The minimum atomic E-state index is 0.0403. The largest absolute Gasteiger partial charge is 0.356 e. The number of hydrogen-bond donors (Lipinski definition) is 1. The van der Waals surface area contributed by atoms with Crippen LogP contribution in [0.2, 0.25) is 0 Å². The molecule has 1 saturated carbocycles. The van der Waals surface area contributed by atoms with Gasteiger partial charge in [-0.05, 0) is 24.8 Å². The summed E-state index contributed by atoms with van der Waals surface area (Å²) in [5, 5.41) is 2.97. The number of Topliss-reactive ketones (excluding diaryl/α,β-unsaturated/α-hetero) is 1. The molecule has 18 heavy (non-hydrogen) atoms. The zero-order valence-corrected chi connectivity index (χ0v) is 10.5. The third-order valence-electron chi connectivity index (χ3n) is 3.47. The normalized spacial score (nSPS) is 16.6. The van der Waals surface area contributed by atoms with E-state index < -0.39 is 0 Å². The first-order valence-electron chi connectivity index (χ1n) is 6.59. The molecule has 1 aliphatic carbocycles. The summed E-state index contributed by atoms with van der Waals surface area (Å²) in [6.07, 6.45) is 3.43. The first-order valence-corrected chi connectivity index (χ1v) is 6.59. The van der Waals surface area contributed by atoms with Crippen LogP contribution in [0.1, 0.15) is 31.2 Å². The second-order valence-electron chi connectivity index (χ2n) is 4.84. The van der Waals surface area contributed by atoms with E-state index in [1.165, 1.54) is 5.56 Å². The first-order chi connectivity index (χ1) is 8.75. The van der Waals surface area contributed by atoms with E-state index in [2.05, 4.69) is 17.4 Å². The van der Waals surface area contributed by atoms with E-state index in [0.29, 0.717) is 25.2 Å². The highest BCUT2D eigenvalue weighted by molar-refractivity contribution is 5.84. The first kappa shape index (κ1) is 12.8. The highest BCUT2D eigenvalue weighted by Gasteiger charge is 2.24. The van der Waals surface area contributed by atoms with Crippen molar-refractivity contribution in [3.63, 3.8) is 0 Å². The number of carbonyl (C=O) groups is 2. The van der Waals surface area contributed by atoms with Crippen LogP contribution in [0.4, 0.5) is 0 Å². The molecule has 0 aliphatic heterocycles. The van der Waals surface area contributed by atoms with Crippen LogP contribution in [0.3, 0.4) is 0 Å². The van der Waals surface area contributed by atoms with E-state index in [-0.39, 0.29) is 11.8 Å². The van der Waals surface area contributed by atoms with Gasteiger partial charge in [0.15, 0.2) is 0 Å². The van der Waals surface area contributed by atoms with Gasteiger partial charge in [-0.1, -0.05) is 30.3 Å². The smallest absolute Gasteiger partial charge is 0.223 e. The molecule has 1 aromatic rings. The lowest BCUT2D eigenvalue weighted by Crippen LogP contribution is -2.34. The molecule has 1 fully saturated rings. The quantitative estimate of drug-likeness (QED) is 0.883. The molecule has 0 heterocycles. The molecule has 0 atom stereocenters. The van der Waals surface area contributed by atoms with E-state index in [1.807, 2.05) is 18.2 Å².